The van der Waals surface area contributed by atoms with Crippen LogP contribution in [0, 0.1) is 3.57 Å². The van der Waals surface area contributed by atoms with Gasteiger partial charge in [-0.15, -0.1) is 0 Å². The number of aromatic amines is 1. The Kier molecular flexibility index (Phi) is 1.77. The molecule has 0 spiro atoms. The van der Waals surface area contributed by atoms with Crippen molar-refractivity contribution in [3.05, 3.63) is 27.1 Å². The van der Waals surface area contributed by atoms with E-state index in [4.69, 9.17) is 11.6 Å². The zero-order valence-electron chi connectivity index (χ0n) is 5.44. The molecule has 0 aliphatic rings. The van der Waals surface area contributed by atoms with Crippen molar-refractivity contribution >= 4 is 45.2 Å². The van der Waals surface area contributed by atoms with E-state index in [0.29, 0.717) is 0 Å². The van der Waals surface area contributed by atoms with Crippen molar-refractivity contribution in [2.45, 2.75) is 0 Å². The lowest BCUT2D eigenvalue weighted by Crippen LogP contribution is -1.75. The number of fused-ring (bicyclic) bond motifs is 1. The Bertz CT molecular complexity index is 396. The highest BCUT2D eigenvalue weighted by molar-refractivity contribution is 14.1. The second-order valence-corrected chi connectivity index (χ2v) is 3.78. The van der Waals surface area contributed by atoms with Gasteiger partial charge < -0.3 is 4.98 Å². The van der Waals surface area contributed by atoms with Gasteiger partial charge in [0.25, 0.3) is 0 Å². The largest absolute Gasteiger partial charge is 0.345 e. The quantitative estimate of drug-likeness (QED) is 0.738. The fraction of sp³-hybridized carbons (Fsp3) is 0. The molecule has 0 fully saturated rings. The van der Waals surface area contributed by atoms with Crippen molar-refractivity contribution in [3.8, 4) is 0 Å². The minimum atomic E-state index is 0.742. The maximum Gasteiger partial charge on any atom is 0.102 e. The summed E-state index contributed by atoms with van der Waals surface area (Å²) in [5.41, 5.74) is 1.97. The zero-order chi connectivity index (χ0) is 7.84. The van der Waals surface area contributed by atoms with Gasteiger partial charge >= 0.3 is 0 Å². The molecule has 0 radical (unpaired) electrons. The van der Waals surface area contributed by atoms with Crippen LogP contribution < -0.4 is 0 Å². The fourth-order valence-electron chi connectivity index (χ4n) is 0.974. The Morgan fingerprint density at radius 1 is 1.45 bits per heavy atom. The van der Waals surface area contributed by atoms with Gasteiger partial charge in [-0.05, 0) is 34.7 Å². The molecule has 2 rings (SSSR count). The van der Waals surface area contributed by atoms with Crippen molar-refractivity contribution in [1.82, 2.24) is 9.97 Å². The SMILES string of the molecule is Clc1cc(I)c2nc[nH]c2c1. The third-order valence-corrected chi connectivity index (χ3v) is 2.48. The number of nitrogens with one attached hydrogen (secondary N) is 1. The molecule has 0 bridgehead atoms. The van der Waals surface area contributed by atoms with Gasteiger partial charge in [-0.2, -0.15) is 0 Å². The first-order valence-corrected chi connectivity index (χ1v) is 4.51. The number of nitrogens with zero attached hydrogens (tertiary/aromatic N) is 1. The predicted molar refractivity (Wildman–Crippen MR) is 53.8 cm³/mol. The highest BCUT2D eigenvalue weighted by Gasteiger charge is 2.01. The van der Waals surface area contributed by atoms with E-state index in [1.54, 1.807) is 6.33 Å². The van der Waals surface area contributed by atoms with Gasteiger partial charge in [-0.25, -0.2) is 4.98 Å². The number of benzene rings is 1. The van der Waals surface area contributed by atoms with Crippen molar-refractivity contribution < 1.29 is 0 Å². The van der Waals surface area contributed by atoms with Gasteiger partial charge in [0.2, 0.25) is 0 Å². The average Bonchev–Trinajstić information content (AvgIpc) is 2.34. The molecule has 1 aromatic carbocycles. The summed E-state index contributed by atoms with van der Waals surface area (Å²) in [5.74, 6) is 0. The van der Waals surface area contributed by atoms with Crippen LogP contribution in [0.4, 0.5) is 0 Å². The molecular weight excluding hydrogens is 274 g/mol. The highest BCUT2D eigenvalue weighted by Crippen LogP contribution is 2.22. The highest BCUT2D eigenvalue weighted by atomic mass is 127. The van der Waals surface area contributed by atoms with E-state index in [1.807, 2.05) is 12.1 Å². The standard InChI is InChI=1S/C7H4ClIN2/c8-4-1-5(9)7-6(2-4)10-3-11-7/h1-3H,(H,10,11). The van der Waals surface area contributed by atoms with Crippen molar-refractivity contribution in [2.75, 3.05) is 0 Å². The lowest BCUT2D eigenvalue weighted by molar-refractivity contribution is 1.34. The van der Waals surface area contributed by atoms with Crippen LogP contribution in [0.25, 0.3) is 11.0 Å². The van der Waals surface area contributed by atoms with E-state index >= 15 is 0 Å². The lowest BCUT2D eigenvalue weighted by atomic mass is 10.3. The molecule has 2 nitrogen and oxygen atoms in total. The molecule has 1 N–H and O–H groups in total. The van der Waals surface area contributed by atoms with Crippen LogP contribution in [0.5, 0.6) is 0 Å². The Hall–Kier alpha value is -0.290. The number of hydrogen-bond acceptors (Lipinski definition) is 1. The summed E-state index contributed by atoms with van der Waals surface area (Å²) in [4.78, 5) is 7.14. The zero-order valence-corrected chi connectivity index (χ0v) is 8.35. The lowest BCUT2D eigenvalue weighted by Gasteiger charge is -1.93. The number of aromatic nitrogens is 2. The molecular formula is C7H4ClIN2. The van der Waals surface area contributed by atoms with E-state index in [1.165, 1.54) is 0 Å². The molecule has 1 aromatic heterocycles. The summed E-state index contributed by atoms with van der Waals surface area (Å²) < 4.78 is 1.08. The van der Waals surface area contributed by atoms with E-state index in [9.17, 15) is 0 Å². The third kappa shape index (κ3) is 1.22. The number of halogens is 2. The molecule has 0 unspecified atom stereocenters. The molecule has 0 saturated heterocycles. The summed E-state index contributed by atoms with van der Waals surface area (Å²) >= 11 is 8.04. The van der Waals surface area contributed by atoms with Crippen molar-refractivity contribution in [2.24, 2.45) is 0 Å². The fourth-order valence-corrected chi connectivity index (χ4v) is 2.14. The molecule has 0 amide bonds. The van der Waals surface area contributed by atoms with Crippen LogP contribution in [0.1, 0.15) is 0 Å². The first-order chi connectivity index (χ1) is 5.27. The second kappa shape index (κ2) is 2.64. The number of rotatable bonds is 0. The molecule has 0 atom stereocenters. The van der Waals surface area contributed by atoms with Crippen LogP contribution >= 0.6 is 34.2 Å². The van der Waals surface area contributed by atoms with E-state index < -0.39 is 0 Å². The monoisotopic (exact) mass is 278 g/mol. The summed E-state index contributed by atoms with van der Waals surface area (Å²) in [5, 5.41) is 0.742. The van der Waals surface area contributed by atoms with E-state index in [-0.39, 0.29) is 0 Å². The van der Waals surface area contributed by atoms with Crippen LogP contribution in [0.2, 0.25) is 5.02 Å². The smallest absolute Gasteiger partial charge is 0.102 e. The number of imidazole rings is 1. The molecule has 0 saturated carbocycles. The molecule has 0 aliphatic carbocycles. The van der Waals surface area contributed by atoms with Crippen LogP contribution in [0.15, 0.2) is 18.5 Å². The van der Waals surface area contributed by atoms with Gasteiger partial charge in [-0.1, -0.05) is 11.6 Å². The molecule has 4 heteroatoms. The van der Waals surface area contributed by atoms with Gasteiger partial charge in [0.05, 0.1) is 11.8 Å². The van der Waals surface area contributed by atoms with Gasteiger partial charge in [0.1, 0.15) is 5.52 Å². The predicted octanol–water partition coefficient (Wildman–Crippen LogP) is 2.82. The average molecular weight is 278 g/mol. The topological polar surface area (TPSA) is 28.7 Å². The minimum Gasteiger partial charge on any atom is -0.345 e. The van der Waals surface area contributed by atoms with Crippen LogP contribution in [0.3, 0.4) is 0 Å². The Morgan fingerprint density at radius 3 is 3.09 bits per heavy atom. The van der Waals surface area contributed by atoms with Gasteiger partial charge in [-0.3, -0.25) is 0 Å². The van der Waals surface area contributed by atoms with Crippen molar-refractivity contribution in [1.29, 1.82) is 0 Å². The van der Waals surface area contributed by atoms with E-state index in [0.717, 1.165) is 19.6 Å². The van der Waals surface area contributed by atoms with E-state index in [2.05, 4.69) is 32.6 Å². The Labute approximate surface area is 82.1 Å². The first kappa shape index (κ1) is 7.36. The summed E-state index contributed by atoms with van der Waals surface area (Å²) in [6.45, 7) is 0. The van der Waals surface area contributed by atoms with Crippen molar-refractivity contribution in [3.63, 3.8) is 0 Å². The number of H-pyrrole nitrogens is 1. The summed E-state index contributed by atoms with van der Waals surface area (Å²) in [6, 6.07) is 3.76. The Morgan fingerprint density at radius 2 is 2.27 bits per heavy atom. The van der Waals surface area contributed by atoms with Crippen LogP contribution in [-0.2, 0) is 0 Å². The van der Waals surface area contributed by atoms with Crippen LogP contribution in [-0.4, -0.2) is 9.97 Å². The maximum atomic E-state index is 5.83. The first-order valence-electron chi connectivity index (χ1n) is 3.05. The van der Waals surface area contributed by atoms with Gasteiger partial charge in [0, 0.05) is 8.59 Å². The number of hydrogen-bond donors (Lipinski definition) is 1. The molecule has 2 aromatic rings. The maximum absolute atomic E-state index is 5.83. The molecule has 56 valence electrons. The summed E-state index contributed by atoms with van der Waals surface area (Å²) in [7, 11) is 0. The molecule has 1 heterocycles. The third-order valence-electron chi connectivity index (χ3n) is 1.44. The van der Waals surface area contributed by atoms with Gasteiger partial charge in [0.15, 0.2) is 0 Å². The molecule has 11 heavy (non-hydrogen) atoms. The minimum absolute atomic E-state index is 0.742. The Balaban J connectivity index is 2.91. The summed E-state index contributed by atoms with van der Waals surface area (Å²) in [6.07, 6.45) is 1.67. The molecule has 0 aliphatic heterocycles. The second-order valence-electron chi connectivity index (χ2n) is 2.19. The normalized spacial score (nSPS) is 10.7.